The Morgan fingerprint density at radius 2 is 2.21 bits per heavy atom. The molecule has 0 atom stereocenters. The van der Waals surface area contributed by atoms with Gasteiger partial charge in [0, 0.05) is 11.4 Å². The standard InChI is InChI=1S/C12H14N2O4S/c1-3-18-9(15)4-5-14-11(16)8-6-7(2)19-10(8)13-12(14)17/h6H,3-5H2,1-2H3,(H,13,17). The van der Waals surface area contributed by atoms with Crippen LogP contribution in [0.25, 0.3) is 10.2 Å². The lowest BCUT2D eigenvalue weighted by Crippen LogP contribution is -2.35. The summed E-state index contributed by atoms with van der Waals surface area (Å²) in [4.78, 5) is 39.4. The van der Waals surface area contributed by atoms with Gasteiger partial charge in [-0.15, -0.1) is 11.3 Å². The minimum atomic E-state index is -0.497. The molecule has 2 aromatic rings. The first kappa shape index (κ1) is 13.5. The molecule has 0 aromatic carbocycles. The molecule has 0 radical (unpaired) electrons. The Hall–Kier alpha value is -1.89. The van der Waals surface area contributed by atoms with Crippen LogP contribution in [0.2, 0.25) is 0 Å². The van der Waals surface area contributed by atoms with Crippen LogP contribution in [0.3, 0.4) is 0 Å². The van der Waals surface area contributed by atoms with Gasteiger partial charge in [0.2, 0.25) is 0 Å². The number of aryl methyl sites for hydroxylation is 1. The maximum absolute atomic E-state index is 12.1. The second kappa shape index (κ2) is 5.40. The summed E-state index contributed by atoms with van der Waals surface area (Å²) in [7, 11) is 0. The summed E-state index contributed by atoms with van der Waals surface area (Å²) < 4.78 is 5.80. The molecule has 6 nitrogen and oxygen atoms in total. The lowest BCUT2D eigenvalue weighted by molar-refractivity contribution is -0.143. The van der Waals surface area contributed by atoms with Gasteiger partial charge in [0.25, 0.3) is 5.56 Å². The van der Waals surface area contributed by atoms with Crippen molar-refractivity contribution in [1.82, 2.24) is 9.55 Å². The van der Waals surface area contributed by atoms with E-state index in [4.69, 9.17) is 4.74 Å². The van der Waals surface area contributed by atoms with Crippen molar-refractivity contribution in [2.45, 2.75) is 26.8 Å². The highest BCUT2D eigenvalue weighted by Crippen LogP contribution is 2.18. The van der Waals surface area contributed by atoms with E-state index < -0.39 is 11.7 Å². The van der Waals surface area contributed by atoms with Crippen LogP contribution in [0, 0.1) is 6.92 Å². The van der Waals surface area contributed by atoms with Gasteiger partial charge in [-0.1, -0.05) is 0 Å². The fourth-order valence-corrected chi connectivity index (χ4v) is 2.70. The number of rotatable bonds is 4. The molecule has 102 valence electrons. The third-order valence-corrected chi connectivity index (χ3v) is 3.61. The van der Waals surface area contributed by atoms with Crippen molar-refractivity contribution in [3.8, 4) is 0 Å². The molecule has 2 heterocycles. The van der Waals surface area contributed by atoms with Crippen LogP contribution in [0.15, 0.2) is 15.7 Å². The predicted octanol–water partition coefficient (Wildman–Crippen LogP) is 1.01. The van der Waals surface area contributed by atoms with Gasteiger partial charge in [-0.2, -0.15) is 0 Å². The first-order valence-corrected chi connectivity index (χ1v) is 6.73. The fourth-order valence-electron chi connectivity index (χ4n) is 1.81. The number of H-pyrrole nitrogens is 1. The number of aromatic nitrogens is 2. The summed E-state index contributed by atoms with van der Waals surface area (Å²) in [6.45, 7) is 3.88. The minimum Gasteiger partial charge on any atom is -0.466 e. The quantitative estimate of drug-likeness (QED) is 0.849. The van der Waals surface area contributed by atoms with Crippen LogP contribution in [0.1, 0.15) is 18.2 Å². The molecule has 0 aliphatic rings. The Bertz CT molecular complexity index is 725. The Kier molecular flexibility index (Phi) is 3.84. The van der Waals surface area contributed by atoms with Crippen LogP contribution in [0.4, 0.5) is 0 Å². The molecule has 0 unspecified atom stereocenters. The predicted molar refractivity (Wildman–Crippen MR) is 72.7 cm³/mol. The molecule has 19 heavy (non-hydrogen) atoms. The molecule has 1 N–H and O–H groups in total. The van der Waals surface area contributed by atoms with E-state index in [-0.39, 0.29) is 25.1 Å². The molecular formula is C12H14N2O4S. The van der Waals surface area contributed by atoms with E-state index in [0.717, 1.165) is 9.44 Å². The summed E-state index contributed by atoms with van der Waals surface area (Å²) in [5.74, 6) is -0.421. The monoisotopic (exact) mass is 282 g/mol. The smallest absolute Gasteiger partial charge is 0.329 e. The van der Waals surface area contributed by atoms with Crippen molar-refractivity contribution in [3.63, 3.8) is 0 Å². The largest absolute Gasteiger partial charge is 0.466 e. The van der Waals surface area contributed by atoms with Crippen LogP contribution < -0.4 is 11.2 Å². The minimum absolute atomic E-state index is 0.00541. The zero-order chi connectivity index (χ0) is 14.0. The van der Waals surface area contributed by atoms with E-state index >= 15 is 0 Å². The third kappa shape index (κ3) is 2.76. The van der Waals surface area contributed by atoms with Crippen molar-refractivity contribution in [2.24, 2.45) is 0 Å². The van der Waals surface area contributed by atoms with Crippen molar-refractivity contribution >= 4 is 27.5 Å². The number of aromatic amines is 1. The van der Waals surface area contributed by atoms with Gasteiger partial charge in [-0.25, -0.2) is 4.79 Å². The number of esters is 1. The average molecular weight is 282 g/mol. The normalized spacial score (nSPS) is 10.8. The van der Waals surface area contributed by atoms with Gasteiger partial charge in [0.1, 0.15) is 4.83 Å². The molecule has 0 saturated carbocycles. The van der Waals surface area contributed by atoms with E-state index in [0.29, 0.717) is 10.2 Å². The summed E-state index contributed by atoms with van der Waals surface area (Å²) in [6.07, 6.45) is 0.00541. The lowest BCUT2D eigenvalue weighted by atomic mass is 10.3. The van der Waals surface area contributed by atoms with Gasteiger partial charge in [0.15, 0.2) is 0 Å². The number of carbonyl (C=O) groups is 1. The Morgan fingerprint density at radius 1 is 1.47 bits per heavy atom. The molecule has 0 saturated heterocycles. The zero-order valence-electron chi connectivity index (χ0n) is 10.7. The van der Waals surface area contributed by atoms with Crippen LogP contribution in [0.5, 0.6) is 0 Å². The first-order valence-electron chi connectivity index (χ1n) is 5.91. The van der Waals surface area contributed by atoms with E-state index in [9.17, 15) is 14.4 Å². The van der Waals surface area contributed by atoms with E-state index in [2.05, 4.69) is 4.98 Å². The molecule has 0 amide bonds. The Morgan fingerprint density at radius 3 is 2.89 bits per heavy atom. The van der Waals surface area contributed by atoms with E-state index in [1.165, 1.54) is 11.3 Å². The number of nitrogens with zero attached hydrogens (tertiary/aromatic N) is 1. The third-order valence-electron chi connectivity index (χ3n) is 2.64. The van der Waals surface area contributed by atoms with Gasteiger partial charge >= 0.3 is 11.7 Å². The second-order valence-electron chi connectivity index (χ2n) is 4.04. The number of hydrogen-bond donors (Lipinski definition) is 1. The Balaban J connectivity index is 2.35. The molecule has 2 aromatic heterocycles. The average Bonchev–Trinajstić information content (AvgIpc) is 2.70. The van der Waals surface area contributed by atoms with Crippen molar-refractivity contribution in [2.75, 3.05) is 6.61 Å². The van der Waals surface area contributed by atoms with Crippen LogP contribution in [-0.2, 0) is 16.1 Å². The molecule has 0 bridgehead atoms. The van der Waals surface area contributed by atoms with Crippen molar-refractivity contribution < 1.29 is 9.53 Å². The van der Waals surface area contributed by atoms with Gasteiger partial charge < -0.3 is 4.74 Å². The van der Waals surface area contributed by atoms with Gasteiger partial charge in [-0.3, -0.25) is 19.1 Å². The molecule has 0 aliphatic carbocycles. The van der Waals surface area contributed by atoms with Crippen molar-refractivity contribution in [3.05, 3.63) is 31.8 Å². The summed E-state index contributed by atoms with van der Waals surface area (Å²) >= 11 is 1.36. The first-order chi connectivity index (χ1) is 9.02. The Labute approximate surface area is 112 Å². The van der Waals surface area contributed by atoms with Crippen molar-refractivity contribution in [1.29, 1.82) is 0 Å². The summed E-state index contributed by atoms with van der Waals surface area (Å²) in [6, 6.07) is 1.74. The van der Waals surface area contributed by atoms with Gasteiger partial charge in [-0.05, 0) is 19.9 Å². The highest BCUT2D eigenvalue weighted by Gasteiger charge is 2.11. The summed E-state index contributed by atoms with van der Waals surface area (Å²) in [5.41, 5.74) is -0.865. The highest BCUT2D eigenvalue weighted by atomic mass is 32.1. The van der Waals surface area contributed by atoms with Crippen LogP contribution in [-0.4, -0.2) is 22.1 Å². The SMILES string of the molecule is CCOC(=O)CCn1c(=O)[nH]c2sc(C)cc2c1=O. The highest BCUT2D eigenvalue weighted by molar-refractivity contribution is 7.18. The summed E-state index contributed by atoms with van der Waals surface area (Å²) in [5, 5.41) is 0.478. The molecule has 0 aliphatic heterocycles. The molecule has 0 spiro atoms. The topological polar surface area (TPSA) is 81.2 Å². The zero-order valence-corrected chi connectivity index (χ0v) is 11.5. The number of fused-ring (bicyclic) bond motifs is 1. The number of carbonyl (C=O) groups excluding carboxylic acids is 1. The number of nitrogens with one attached hydrogen (secondary N) is 1. The maximum Gasteiger partial charge on any atom is 0.329 e. The molecular weight excluding hydrogens is 268 g/mol. The van der Waals surface area contributed by atoms with E-state index in [1.54, 1.807) is 13.0 Å². The maximum atomic E-state index is 12.1. The van der Waals surface area contributed by atoms with E-state index in [1.807, 2.05) is 6.92 Å². The molecule has 0 fully saturated rings. The lowest BCUT2D eigenvalue weighted by Gasteiger charge is -2.04. The molecule has 7 heteroatoms. The van der Waals surface area contributed by atoms with Crippen LogP contribution >= 0.6 is 11.3 Å². The fraction of sp³-hybridized carbons (Fsp3) is 0.417. The number of hydrogen-bond acceptors (Lipinski definition) is 5. The number of ether oxygens (including phenoxy) is 1. The van der Waals surface area contributed by atoms with Gasteiger partial charge in [0.05, 0.1) is 18.4 Å². The number of thiophene rings is 1. The second-order valence-corrected chi connectivity index (χ2v) is 5.30. The molecule has 2 rings (SSSR count).